The minimum absolute atomic E-state index is 0. The van der Waals surface area contributed by atoms with Gasteiger partial charge in [-0.25, -0.2) is 9.59 Å². The molecule has 17 heteroatoms. The highest BCUT2D eigenvalue weighted by Crippen LogP contribution is 2.44. The Morgan fingerprint density at radius 2 is 0.955 bits per heavy atom. The number of aryl methyl sites for hydroxylation is 2. The van der Waals surface area contributed by atoms with Gasteiger partial charge in [0.2, 0.25) is 5.91 Å². The Labute approximate surface area is 823 Å². The Hall–Kier alpha value is -8.42. The van der Waals surface area contributed by atoms with Gasteiger partial charge in [-0.1, -0.05) is 345 Å². The number of aromatic nitrogens is 1. The third kappa shape index (κ3) is 80.1. The summed E-state index contributed by atoms with van der Waals surface area (Å²) in [4.78, 5) is 68.1. The average Bonchev–Trinajstić information content (AvgIpc) is 1.59. The van der Waals surface area contributed by atoms with E-state index in [4.69, 9.17) is 34.8 Å². The summed E-state index contributed by atoms with van der Waals surface area (Å²) >= 11 is 0. The van der Waals surface area contributed by atoms with Crippen molar-refractivity contribution < 1.29 is 71.4 Å². The molecular weight excluding hydrogens is 1650 g/mol. The van der Waals surface area contributed by atoms with Crippen molar-refractivity contribution in [3.8, 4) is 24.2 Å². The van der Waals surface area contributed by atoms with Crippen molar-refractivity contribution in [3.05, 3.63) is 179 Å². The molecule has 3 fully saturated rings. The first-order valence-corrected chi connectivity index (χ1v) is 41.0. The number of terminal acetylenes is 1. The van der Waals surface area contributed by atoms with E-state index in [0.29, 0.717) is 38.2 Å². The first-order chi connectivity index (χ1) is 53.5. The van der Waals surface area contributed by atoms with Gasteiger partial charge in [0, 0.05) is 74.6 Å². The average molecular weight is 1870 g/mol. The predicted molar refractivity (Wildman–Crippen MR) is 591 cm³/mol. The number of benzene rings is 4. The lowest BCUT2D eigenvalue weighted by Gasteiger charge is -2.36. The molecule has 1 aromatic heterocycles. The molecule has 3 saturated heterocycles. The largest absolute Gasteiger partial charge is 0.466 e. The van der Waals surface area contributed by atoms with Gasteiger partial charge in [0.25, 0.3) is 0 Å². The standard InChI is InChI=1S/C21H28O7.C17H17N.C11H12.C11H20.C8H17NO.C8H14O3.C8H14O2.C6H12O2.C5H8.20CH4/c1-6-12-7-9-13(10-8-12)18(22)23-11-14-15-16(26-20(2,3)25-15)17-19(24-14)28-21(4,5)27-17;1-2-14-7-9-15(10-8-14)13-18-12-11-16-5-3-4-6-17(16)18;1-2-3-5-8-11-9-6-4-7-10-11;1-5-6-7-11(4)9-8-10(2)3;1-5-9(6-2)8(10)7(3)4;1-3-5-7(9)6-8(10)11-4-2;1-3-5-6-7-8(9)10-4-2;1-3-5-6(7)8-4-2;1-3-5-4-2;;;;;;;;;;;;;;;;;;;;/h7-10,14-17,19H,6,11H2,1-5H3;3-12H,2,13H2,1H3;4,6-7,9-10H,2-3H2,1H3;7-8H,5-6,9H2,1-4H3;7H,5-6H2,1-4H3;3-6H2,1-2H3;6-7H,3-5H2,1-2H3;3-5H2,1-2H3;1H,4-5H2,2H3;20*1H4/t14-,15-,16-,17+,19+;;;;;;;;;;;;;;;;;;;;;;;;;;;;/m0............................/s1. The van der Waals surface area contributed by atoms with E-state index in [1.807, 2.05) is 130 Å². The summed E-state index contributed by atoms with van der Waals surface area (Å²) in [6.07, 6.45) is 27.1. The smallest absolute Gasteiger partial charge is 0.338 e. The number of allylic oxidation sites excluding steroid dienone is 5. The van der Waals surface area contributed by atoms with Crippen molar-refractivity contribution in [1.82, 2.24) is 9.47 Å². The van der Waals surface area contributed by atoms with E-state index in [-0.39, 0.29) is 197 Å². The second-order valence-corrected chi connectivity index (χ2v) is 28.2. The molecule has 0 saturated carbocycles. The molecule has 3 aliphatic heterocycles. The molecule has 1 amide bonds. The van der Waals surface area contributed by atoms with Crippen LogP contribution in [0.15, 0.2) is 151 Å². The summed E-state index contributed by atoms with van der Waals surface area (Å²) in [7, 11) is 0. The van der Waals surface area contributed by atoms with Crippen molar-refractivity contribution in [2.24, 2.45) is 5.92 Å². The van der Waals surface area contributed by atoms with E-state index in [9.17, 15) is 28.8 Å². The number of para-hydroxylation sites is 1. The number of esters is 4. The zero-order valence-corrected chi connectivity index (χ0v) is 72.6. The number of fused-ring (bicyclic) bond motifs is 4. The molecule has 0 N–H and O–H groups in total. The normalized spacial score (nSPS) is 13.7. The highest BCUT2D eigenvalue weighted by atomic mass is 16.9. The third-order valence-electron chi connectivity index (χ3n) is 16.6. The lowest BCUT2D eigenvalue weighted by molar-refractivity contribution is -0.240. The van der Waals surface area contributed by atoms with Crippen LogP contribution in [0.25, 0.3) is 10.9 Å². The van der Waals surface area contributed by atoms with Gasteiger partial charge in [-0.05, 0) is 199 Å². The molecule has 0 aliphatic carbocycles. The number of rotatable bonds is 28. The first kappa shape index (κ1) is 176. The van der Waals surface area contributed by atoms with E-state index in [2.05, 4.69) is 172 Å². The van der Waals surface area contributed by atoms with Crippen LogP contribution >= 0.6 is 0 Å². The van der Waals surface area contributed by atoms with Crippen LogP contribution in [-0.4, -0.2) is 127 Å². The van der Waals surface area contributed by atoms with Crippen LogP contribution in [0.4, 0.5) is 0 Å². The molecule has 4 aromatic carbocycles. The summed E-state index contributed by atoms with van der Waals surface area (Å²) in [5, 5.41) is 1.31. The van der Waals surface area contributed by atoms with Gasteiger partial charge in [-0.15, -0.1) is 12.3 Å². The van der Waals surface area contributed by atoms with Crippen LogP contribution in [0, 0.1) is 30.1 Å². The van der Waals surface area contributed by atoms with Gasteiger partial charge in [-0.2, -0.15) is 0 Å². The number of hydrogen-bond acceptors (Lipinski definition) is 15. The number of Topliss-reactive ketones (excluding diaryl/α,β-unsaturated/α-hetero) is 1. The molecule has 0 radical (unpaired) electrons. The Morgan fingerprint density at radius 1 is 0.492 bits per heavy atom. The Kier molecular flexibility index (Phi) is 142. The molecular formula is C115H222N2O15. The van der Waals surface area contributed by atoms with Crippen LogP contribution in [-0.2, 0) is 86.0 Å². The zero-order chi connectivity index (χ0) is 84.3. The number of ketones is 1. The Bertz CT molecular complexity index is 3560. The second-order valence-electron chi connectivity index (χ2n) is 28.2. The monoisotopic (exact) mass is 1870 g/mol. The van der Waals surface area contributed by atoms with Gasteiger partial charge in [0.1, 0.15) is 43.2 Å². The molecule has 4 heterocycles. The van der Waals surface area contributed by atoms with E-state index in [0.717, 1.165) is 95.8 Å². The molecule has 5 aromatic rings. The molecule has 0 spiro atoms. The summed E-state index contributed by atoms with van der Waals surface area (Å²) in [5.74, 6) is 6.39. The van der Waals surface area contributed by atoms with Gasteiger partial charge in [-0.3, -0.25) is 19.2 Å². The SMILES string of the molecule is C.C.C.C.C.C.C.C.C.C.C.C.C.C.C.C.C.C.C.C.C#CCCC.CCCC#Cc1ccccc1.CCCC(=O)CC(=O)OCC.CCCC(=O)OCC.CCCC=C(C)CC=C(C)C.CCCC=CC(=O)OCC.CCN(CC)C(=O)C(C)C.CCc1ccc(C(=O)OC[C@@H]2O[C@@H]3OC(C)(C)O[C@@H]3[C@H]3OC(C)(C)O[C@H]32)cc1.CCc1ccc(Cn2ccc3ccccc32)cc1. The molecule has 17 nitrogen and oxygen atoms in total. The minimum atomic E-state index is -0.776. The molecule has 0 unspecified atom stereocenters. The number of amides is 1. The number of carbonyl (C=O) groups is 6. The van der Waals surface area contributed by atoms with Crippen LogP contribution in [0.2, 0.25) is 0 Å². The van der Waals surface area contributed by atoms with E-state index in [1.165, 1.54) is 57.7 Å². The Morgan fingerprint density at radius 3 is 1.39 bits per heavy atom. The fourth-order valence-electron chi connectivity index (χ4n) is 10.7. The van der Waals surface area contributed by atoms with Gasteiger partial charge in [0.15, 0.2) is 17.9 Å². The van der Waals surface area contributed by atoms with Crippen LogP contribution < -0.4 is 0 Å². The van der Waals surface area contributed by atoms with Crippen LogP contribution in [0.5, 0.6) is 0 Å². The van der Waals surface area contributed by atoms with Crippen molar-refractivity contribution >= 4 is 46.5 Å². The zero-order valence-electron chi connectivity index (χ0n) is 72.6. The number of carbonyl (C=O) groups excluding carboxylic acids is 6. The molecule has 0 bridgehead atoms. The number of nitrogens with zero attached hydrogens (tertiary/aromatic N) is 2. The third-order valence-corrected chi connectivity index (χ3v) is 16.6. The van der Waals surface area contributed by atoms with E-state index < -0.39 is 48.1 Å². The van der Waals surface area contributed by atoms with Crippen molar-refractivity contribution in [3.63, 3.8) is 0 Å². The summed E-state index contributed by atoms with van der Waals surface area (Å²) in [6.45, 7) is 47.6. The molecule has 782 valence electrons. The predicted octanol–water partition coefficient (Wildman–Crippen LogP) is 34.2. The van der Waals surface area contributed by atoms with Gasteiger partial charge >= 0.3 is 23.9 Å². The summed E-state index contributed by atoms with van der Waals surface area (Å²) in [5.41, 5.74) is 9.75. The van der Waals surface area contributed by atoms with Crippen LogP contribution in [0.3, 0.4) is 0 Å². The van der Waals surface area contributed by atoms with Gasteiger partial charge in [0.05, 0.1) is 25.4 Å². The fourth-order valence-corrected chi connectivity index (χ4v) is 10.7. The fraction of sp³-hybridized carbons (Fsp3) is 0.635. The van der Waals surface area contributed by atoms with Crippen molar-refractivity contribution in [2.75, 3.05) is 39.5 Å². The Balaban J connectivity index is -0.0000000564. The lowest BCUT2D eigenvalue weighted by atomic mass is 9.99. The number of ether oxygens (including phenoxy) is 9. The van der Waals surface area contributed by atoms with Gasteiger partial charge < -0.3 is 52.1 Å². The summed E-state index contributed by atoms with van der Waals surface area (Å²) in [6, 6.07) is 37.1. The van der Waals surface area contributed by atoms with Crippen molar-refractivity contribution in [2.45, 2.75) is 452 Å². The van der Waals surface area contributed by atoms with Crippen LogP contribution in [0.1, 0.15) is 423 Å². The maximum absolute atomic E-state index is 12.4. The molecule has 3 aliphatic rings. The van der Waals surface area contributed by atoms with E-state index >= 15 is 0 Å². The quantitative estimate of drug-likeness (QED) is 0.0115. The highest BCUT2D eigenvalue weighted by molar-refractivity contribution is 5.95. The summed E-state index contributed by atoms with van der Waals surface area (Å²) < 4.78 is 51.7. The minimum Gasteiger partial charge on any atom is -0.466 e. The molecule has 132 heavy (non-hydrogen) atoms. The van der Waals surface area contributed by atoms with E-state index in [1.54, 1.807) is 26.0 Å². The topological polar surface area (TPSA) is 194 Å². The number of unbranched alkanes of at least 4 members (excludes halogenated alkanes) is 4. The second kappa shape index (κ2) is 106. The first-order valence-electron chi connectivity index (χ1n) is 41.0. The maximum Gasteiger partial charge on any atom is 0.338 e. The van der Waals surface area contributed by atoms with Crippen molar-refractivity contribution in [1.29, 1.82) is 0 Å². The number of hydrogen-bond donors (Lipinski definition) is 0. The highest BCUT2D eigenvalue weighted by Gasteiger charge is 2.61. The maximum atomic E-state index is 12.4. The lowest BCUT2D eigenvalue weighted by Crippen LogP contribution is -2.56. The molecule has 8 rings (SSSR count). The molecule has 5 atom stereocenters.